The second kappa shape index (κ2) is 9.12. The molecule has 0 saturated heterocycles. The van der Waals surface area contributed by atoms with Gasteiger partial charge in [-0.1, -0.05) is 25.3 Å². The monoisotopic (exact) mass is 369 g/mol. The third-order valence-electron chi connectivity index (χ3n) is 4.82. The molecule has 2 aliphatic rings. The molecule has 8 heteroatoms. The lowest BCUT2D eigenvalue weighted by Gasteiger charge is -2.38. The van der Waals surface area contributed by atoms with Crippen LogP contribution in [0.25, 0.3) is 0 Å². The van der Waals surface area contributed by atoms with Crippen LogP contribution in [0, 0.1) is 0 Å². The van der Waals surface area contributed by atoms with E-state index >= 15 is 0 Å². The zero-order valence-corrected chi connectivity index (χ0v) is 15.4. The first kappa shape index (κ1) is 19.6. The number of hydrogen-bond donors (Lipinski definition) is 4. The van der Waals surface area contributed by atoms with Crippen molar-refractivity contribution in [1.82, 2.24) is 16.0 Å². The predicted octanol–water partition coefficient (Wildman–Crippen LogP) is 1.00. The van der Waals surface area contributed by atoms with Crippen molar-refractivity contribution in [2.24, 2.45) is 0 Å². The third kappa shape index (κ3) is 5.14. The van der Waals surface area contributed by atoms with Crippen LogP contribution in [0.1, 0.15) is 44.9 Å². The van der Waals surface area contributed by atoms with Crippen LogP contribution in [0.5, 0.6) is 0 Å². The van der Waals surface area contributed by atoms with Crippen LogP contribution < -0.4 is 16.0 Å². The average Bonchev–Trinajstić information content (AvgIpc) is 3.13. The molecular weight excluding hydrogens is 342 g/mol. The number of carboxylic acid groups (broad SMARTS) is 1. The molecule has 1 fully saturated rings. The van der Waals surface area contributed by atoms with Crippen LogP contribution >= 0.6 is 11.8 Å². The zero-order valence-electron chi connectivity index (χ0n) is 14.5. The summed E-state index contributed by atoms with van der Waals surface area (Å²) in [5.74, 6) is -0.978. The molecule has 0 radical (unpaired) electrons. The van der Waals surface area contributed by atoms with Gasteiger partial charge >= 0.3 is 5.97 Å². The SMILES string of the molecule is CSCC[C@H](NC(=O)C1(NC(=O)C2CC=CN2)CCCCC1)C(=O)O. The van der Waals surface area contributed by atoms with Crippen molar-refractivity contribution in [2.75, 3.05) is 12.0 Å². The highest BCUT2D eigenvalue weighted by molar-refractivity contribution is 7.98. The Bertz CT molecular complexity index is 524. The number of amides is 2. The Morgan fingerprint density at radius 3 is 2.60 bits per heavy atom. The van der Waals surface area contributed by atoms with E-state index in [0.717, 1.165) is 19.3 Å². The van der Waals surface area contributed by atoms with E-state index in [1.54, 1.807) is 6.20 Å². The number of hydrogen-bond acceptors (Lipinski definition) is 5. The molecule has 2 rings (SSSR count). The zero-order chi connectivity index (χ0) is 18.3. The molecule has 0 aromatic heterocycles. The van der Waals surface area contributed by atoms with Gasteiger partial charge < -0.3 is 21.1 Å². The van der Waals surface area contributed by atoms with Gasteiger partial charge in [-0.3, -0.25) is 9.59 Å². The van der Waals surface area contributed by atoms with E-state index in [0.29, 0.717) is 31.4 Å². The average molecular weight is 369 g/mol. The molecule has 0 aromatic carbocycles. The van der Waals surface area contributed by atoms with E-state index in [2.05, 4.69) is 16.0 Å². The lowest BCUT2D eigenvalue weighted by molar-refractivity contribution is -0.144. The molecule has 25 heavy (non-hydrogen) atoms. The quantitative estimate of drug-likeness (QED) is 0.508. The van der Waals surface area contributed by atoms with Gasteiger partial charge in [0.1, 0.15) is 17.6 Å². The second-order valence-electron chi connectivity index (χ2n) is 6.64. The van der Waals surface area contributed by atoms with Crippen LogP contribution in [0.2, 0.25) is 0 Å². The van der Waals surface area contributed by atoms with E-state index in [1.165, 1.54) is 11.8 Å². The smallest absolute Gasteiger partial charge is 0.326 e. The number of thioether (sulfide) groups is 1. The van der Waals surface area contributed by atoms with E-state index in [9.17, 15) is 19.5 Å². The number of carboxylic acids is 1. The van der Waals surface area contributed by atoms with Crippen LogP contribution in [-0.2, 0) is 14.4 Å². The van der Waals surface area contributed by atoms with Crippen molar-refractivity contribution in [3.8, 4) is 0 Å². The molecule has 7 nitrogen and oxygen atoms in total. The Morgan fingerprint density at radius 2 is 2.04 bits per heavy atom. The van der Waals surface area contributed by atoms with E-state index < -0.39 is 17.6 Å². The van der Waals surface area contributed by atoms with Crippen molar-refractivity contribution in [1.29, 1.82) is 0 Å². The first-order valence-electron chi connectivity index (χ1n) is 8.74. The maximum atomic E-state index is 12.9. The highest BCUT2D eigenvalue weighted by Crippen LogP contribution is 2.29. The van der Waals surface area contributed by atoms with Crippen LogP contribution in [0.4, 0.5) is 0 Å². The van der Waals surface area contributed by atoms with Gasteiger partial charge in [-0.25, -0.2) is 4.79 Å². The molecule has 4 N–H and O–H groups in total. The Balaban J connectivity index is 2.07. The maximum absolute atomic E-state index is 12.9. The number of aliphatic carboxylic acids is 1. The highest BCUT2D eigenvalue weighted by Gasteiger charge is 2.43. The van der Waals surface area contributed by atoms with Crippen molar-refractivity contribution >= 4 is 29.5 Å². The summed E-state index contributed by atoms with van der Waals surface area (Å²) in [7, 11) is 0. The first-order chi connectivity index (χ1) is 12.0. The Hall–Kier alpha value is -1.70. The van der Waals surface area contributed by atoms with Gasteiger partial charge in [0, 0.05) is 0 Å². The summed E-state index contributed by atoms with van der Waals surface area (Å²) < 4.78 is 0. The molecule has 140 valence electrons. The van der Waals surface area contributed by atoms with Gasteiger partial charge in [-0.15, -0.1) is 0 Å². The molecule has 1 aliphatic heterocycles. The lowest BCUT2D eigenvalue weighted by Crippen LogP contribution is -2.63. The molecule has 1 unspecified atom stereocenters. The van der Waals surface area contributed by atoms with Gasteiger partial charge in [0.2, 0.25) is 11.8 Å². The van der Waals surface area contributed by atoms with E-state index in [1.807, 2.05) is 12.3 Å². The van der Waals surface area contributed by atoms with Gasteiger partial charge in [-0.2, -0.15) is 11.8 Å². The predicted molar refractivity (Wildman–Crippen MR) is 97.2 cm³/mol. The number of rotatable bonds is 8. The van der Waals surface area contributed by atoms with Gasteiger partial charge in [-0.05, 0) is 43.9 Å². The summed E-state index contributed by atoms with van der Waals surface area (Å²) in [5, 5.41) is 17.9. The number of nitrogens with one attached hydrogen (secondary N) is 3. The van der Waals surface area contributed by atoms with Crippen molar-refractivity contribution in [2.45, 2.75) is 62.6 Å². The van der Waals surface area contributed by atoms with Crippen LogP contribution in [-0.4, -0.2) is 52.5 Å². The van der Waals surface area contributed by atoms with Crippen LogP contribution in [0.3, 0.4) is 0 Å². The second-order valence-corrected chi connectivity index (χ2v) is 7.62. The van der Waals surface area contributed by atoms with E-state index in [4.69, 9.17) is 0 Å². The summed E-state index contributed by atoms with van der Waals surface area (Å²) in [6, 6.07) is -1.29. The summed E-state index contributed by atoms with van der Waals surface area (Å²) >= 11 is 1.54. The summed E-state index contributed by atoms with van der Waals surface area (Å²) in [6.07, 6.45) is 10.2. The van der Waals surface area contributed by atoms with Crippen LogP contribution in [0.15, 0.2) is 12.3 Å². The van der Waals surface area contributed by atoms with E-state index in [-0.39, 0.29) is 17.9 Å². The normalized spacial score (nSPS) is 22.7. The van der Waals surface area contributed by atoms with Crippen molar-refractivity contribution in [3.63, 3.8) is 0 Å². The molecule has 0 spiro atoms. The Labute approximate surface area is 152 Å². The first-order valence-corrected chi connectivity index (χ1v) is 10.1. The molecule has 1 heterocycles. The summed E-state index contributed by atoms with van der Waals surface area (Å²) in [4.78, 5) is 36.8. The fourth-order valence-electron chi connectivity index (χ4n) is 3.32. The fourth-order valence-corrected chi connectivity index (χ4v) is 3.79. The summed E-state index contributed by atoms with van der Waals surface area (Å²) in [5.41, 5.74) is -1.01. The van der Waals surface area contributed by atoms with Crippen molar-refractivity contribution < 1.29 is 19.5 Å². The topological polar surface area (TPSA) is 108 Å². The molecule has 0 bridgehead atoms. The van der Waals surface area contributed by atoms with Gasteiger partial charge in [0.15, 0.2) is 0 Å². The maximum Gasteiger partial charge on any atom is 0.326 e. The van der Waals surface area contributed by atoms with Gasteiger partial charge in [0.05, 0.1) is 0 Å². The summed E-state index contributed by atoms with van der Waals surface area (Å²) in [6.45, 7) is 0. The molecule has 2 amide bonds. The molecule has 0 aromatic rings. The molecule has 1 aliphatic carbocycles. The van der Waals surface area contributed by atoms with Crippen molar-refractivity contribution in [3.05, 3.63) is 12.3 Å². The fraction of sp³-hybridized carbons (Fsp3) is 0.706. The highest BCUT2D eigenvalue weighted by atomic mass is 32.2. The minimum Gasteiger partial charge on any atom is -0.480 e. The molecule has 1 saturated carbocycles. The molecular formula is C17H27N3O4S. The largest absolute Gasteiger partial charge is 0.480 e. The Morgan fingerprint density at radius 1 is 1.32 bits per heavy atom. The minimum atomic E-state index is -1.04. The standard InChI is InChI=1S/C17H27N3O4S/c1-25-11-7-13(15(22)23)19-16(24)17(8-3-2-4-9-17)20-14(21)12-6-5-10-18-12/h5,10,12-13,18H,2-4,6-9,11H2,1H3,(H,19,24)(H,20,21)(H,22,23)/t12?,13-/m0/s1. The Kier molecular flexibility index (Phi) is 7.16. The third-order valence-corrected chi connectivity index (χ3v) is 5.47. The van der Waals surface area contributed by atoms with Gasteiger partial charge in [0.25, 0.3) is 0 Å². The molecule has 2 atom stereocenters. The number of carbonyl (C=O) groups is 3. The minimum absolute atomic E-state index is 0.210. The lowest BCUT2D eigenvalue weighted by atomic mass is 9.80. The number of carbonyl (C=O) groups excluding carboxylic acids is 2.